The third kappa shape index (κ3) is 4.74. The molecule has 152 valence electrons. The molecule has 0 radical (unpaired) electrons. The summed E-state index contributed by atoms with van der Waals surface area (Å²) < 4.78 is 65.7. The average molecular weight is 408 g/mol. The second-order valence-electron chi connectivity index (χ2n) is 7.45. The Morgan fingerprint density at radius 1 is 1.26 bits per heavy atom. The van der Waals surface area contributed by atoms with Crippen molar-refractivity contribution in [2.24, 2.45) is 11.3 Å². The number of hydrogen-bond acceptors (Lipinski definition) is 5. The minimum atomic E-state index is -4.71. The largest absolute Gasteiger partial charge is 0.573 e. The summed E-state index contributed by atoms with van der Waals surface area (Å²) >= 11 is 0. The van der Waals surface area contributed by atoms with Crippen molar-refractivity contribution in [3.8, 4) is 5.75 Å². The summed E-state index contributed by atoms with van der Waals surface area (Å²) in [7, 11) is -3.31. The summed E-state index contributed by atoms with van der Waals surface area (Å²) in [6.07, 6.45) is -2.86. The van der Waals surface area contributed by atoms with Gasteiger partial charge in [0.15, 0.2) is 0 Å². The van der Waals surface area contributed by atoms with Crippen LogP contribution in [-0.4, -0.2) is 68.1 Å². The SMILES string of the molecule is CS(=O)(=O)N1CC2CN(Cc3ccc(OC(F)(F)F)cc3)CCC2(CO)C1. The van der Waals surface area contributed by atoms with Crippen LogP contribution in [0.2, 0.25) is 0 Å². The Labute approximate surface area is 156 Å². The summed E-state index contributed by atoms with van der Waals surface area (Å²) in [5.41, 5.74) is 0.434. The fourth-order valence-corrected chi connectivity index (χ4v) is 4.95. The Bertz CT molecular complexity index is 769. The number of rotatable bonds is 5. The summed E-state index contributed by atoms with van der Waals surface area (Å²) in [6.45, 7) is 2.53. The van der Waals surface area contributed by atoms with Gasteiger partial charge < -0.3 is 9.84 Å². The van der Waals surface area contributed by atoms with Crippen molar-refractivity contribution < 1.29 is 31.4 Å². The van der Waals surface area contributed by atoms with Gasteiger partial charge in [-0.15, -0.1) is 13.2 Å². The maximum absolute atomic E-state index is 12.2. The number of fused-ring (bicyclic) bond motifs is 1. The standard InChI is InChI=1S/C17H23F3N2O4S/c1-27(24,25)22-10-14-9-21(7-6-16(14,11-22)12-23)8-13-2-4-15(5-3-13)26-17(18,19)20/h2-5,14,23H,6-12H2,1H3. The molecule has 2 atom stereocenters. The first-order valence-electron chi connectivity index (χ1n) is 8.64. The van der Waals surface area contributed by atoms with Gasteiger partial charge in [0.1, 0.15) is 5.75 Å². The molecule has 2 aliphatic heterocycles. The molecule has 10 heteroatoms. The van der Waals surface area contributed by atoms with Gasteiger partial charge in [0.2, 0.25) is 10.0 Å². The molecule has 6 nitrogen and oxygen atoms in total. The highest BCUT2D eigenvalue weighted by Gasteiger charge is 2.51. The van der Waals surface area contributed by atoms with Crippen molar-refractivity contribution in [2.75, 3.05) is 39.0 Å². The van der Waals surface area contributed by atoms with Gasteiger partial charge in [-0.25, -0.2) is 12.7 Å². The third-order valence-electron chi connectivity index (χ3n) is 5.53. The summed E-state index contributed by atoms with van der Waals surface area (Å²) in [6, 6.07) is 5.75. The van der Waals surface area contributed by atoms with Crippen LogP contribution in [0.1, 0.15) is 12.0 Å². The van der Waals surface area contributed by atoms with E-state index in [1.807, 2.05) is 0 Å². The molecule has 0 saturated carbocycles. The molecule has 0 bridgehead atoms. The molecule has 0 aliphatic carbocycles. The van der Waals surface area contributed by atoms with Gasteiger partial charge in [0, 0.05) is 31.6 Å². The van der Waals surface area contributed by atoms with Crippen molar-refractivity contribution in [1.29, 1.82) is 0 Å². The number of likely N-dealkylation sites (tertiary alicyclic amines) is 1. The topological polar surface area (TPSA) is 70.1 Å². The molecule has 2 heterocycles. The van der Waals surface area contributed by atoms with E-state index >= 15 is 0 Å². The monoisotopic (exact) mass is 408 g/mol. The summed E-state index contributed by atoms with van der Waals surface area (Å²) in [4.78, 5) is 2.14. The molecule has 0 spiro atoms. The Morgan fingerprint density at radius 3 is 2.48 bits per heavy atom. The number of nitrogens with zero attached hydrogens (tertiary/aromatic N) is 2. The van der Waals surface area contributed by atoms with E-state index in [9.17, 15) is 26.7 Å². The van der Waals surface area contributed by atoms with Crippen LogP contribution in [0.25, 0.3) is 0 Å². The van der Waals surface area contributed by atoms with Gasteiger partial charge in [-0.05, 0) is 36.6 Å². The summed E-state index contributed by atoms with van der Waals surface area (Å²) in [5, 5.41) is 9.89. The first-order valence-corrected chi connectivity index (χ1v) is 10.5. The van der Waals surface area contributed by atoms with Gasteiger partial charge in [0.05, 0.1) is 12.9 Å². The molecule has 2 saturated heterocycles. The second kappa shape index (κ2) is 7.23. The minimum Gasteiger partial charge on any atom is -0.406 e. The zero-order valence-electron chi connectivity index (χ0n) is 14.9. The molecule has 1 aromatic rings. The molecule has 2 unspecified atom stereocenters. The Morgan fingerprint density at radius 2 is 1.93 bits per heavy atom. The number of ether oxygens (including phenoxy) is 1. The molecule has 0 amide bonds. The van der Waals surface area contributed by atoms with Gasteiger partial charge in [-0.2, -0.15) is 0 Å². The van der Waals surface area contributed by atoms with E-state index in [0.717, 1.165) is 5.56 Å². The molecular formula is C17H23F3N2O4S. The van der Waals surface area contributed by atoms with Gasteiger partial charge in [-0.1, -0.05) is 12.1 Å². The lowest BCUT2D eigenvalue weighted by molar-refractivity contribution is -0.274. The van der Waals surface area contributed by atoms with E-state index < -0.39 is 21.8 Å². The average Bonchev–Trinajstić information content (AvgIpc) is 2.95. The van der Waals surface area contributed by atoms with Crippen LogP contribution in [0, 0.1) is 11.3 Å². The predicted molar refractivity (Wildman–Crippen MR) is 92.4 cm³/mol. The van der Waals surface area contributed by atoms with Gasteiger partial charge in [-0.3, -0.25) is 4.90 Å². The quantitative estimate of drug-likeness (QED) is 0.803. The fourth-order valence-electron chi connectivity index (χ4n) is 4.01. The molecule has 2 fully saturated rings. The number of sulfonamides is 1. The minimum absolute atomic E-state index is 0.0267. The normalized spacial score (nSPS) is 27.5. The number of hydrogen-bond donors (Lipinski definition) is 1. The van der Waals surface area contributed by atoms with Crippen LogP contribution in [0.15, 0.2) is 24.3 Å². The van der Waals surface area contributed by atoms with Crippen LogP contribution >= 0.6 is 0 Å². The Balaban J connectivity index is 1.64. The highest BCUT2D eigenvalue weighted by Crippen LogP contribution is 2.43. The van der Waals surface area contributed by atoms with Crippen molar-refractivity contribution in [2.45, 2.75) is 19.3 Å². The third-order valence-corrected chi connectivity index (χ3v) is 6.75. The van der Waals surface area contributed by atoms with Crippen molar-refractivity contribution in [3.63, 3.8) is 0 Å². The lowest BCUT2D eigenvalue weighted by atomic mass is 9.73. The summed E-state index contributed by atoms with van der Waals surface area (Å²) in [5.74, 6) is -0.234. The van der Waals surface area contributed by atoms with Crippen LogP contribution in [0.3, 0.4) is 0 Å². The van der Waals surface area contributed by atoms with Gasteiger partial charge >= 0.3 is 6.36 Å². The molecular weight excluding hydrogens is 385 g/mol. The lowest BCUT2D eigenvalue weighted by Crippen LogP contribution is -2.48. The Hall–Kier alpha value is -1.36. The van der Waals surface area contributed by atoms with E-state index in [4.69, 9.17) is 0 Å². The maximum atomic E-state index is 12.2. The Kier molecular flexibility index (Phi) is 5.46. The number of halogens is 3. The zero-order chi connectivity index (χ0) is 19.9. The van der Waals surface area contributed by atoms with E-state index in [2.05, 4.69) is 9.64 Å². The van der Waals surface area contributed by atoms with E-state index in [-0.39, 0.29) is 18.3 Å². The predicted octanol–water partition coefficient (Wildman–Crippen LogP) is 1.66. The van der Waals surface area contributed by atoms with Crippen LogP contribution in [0.4, 0.5) is 13.2 Å². The van der Waals surface area contributed by atoms with Crippen LogP contribution < -0.4 is 4.74 Å². The van der Waals surface area contributed by atoms with E-state index in [1.54, 1.807) is 12.1 Å². The lowest BCUT2D eigenvalue weighted by Gasteiger charge is -2.42. The molecule has 1 aromatic carbocycles. The smallest absolute Gasteiger partial charge is 0.406 e. The first-order chi connectivity index (χ1) is 12.5. The maximum Gasteiger partial charge on any atom is 0.573 e. The molecule has 0 aromatic heterocycles. The number of piperidine rings is 1. The molecule has 1 N–H and O–H groups in total. The number of aliphatic hydroxyl groups is 1. The van der Waals surface area contributed by atoms with Crippen LogP contribution in [0.5, 0.6) is 5.75 Å². The number of benzene rings is 1. The van der Waals surface area contributed by atoms with Crippen molar-refractivity contribution >= 4 is 10.0 Å². The number of alkyl halides is 3. The second-order valence-corrected chi connectivity index (χ2v) is 9.43. The first kappa shape index (κ1) is 20.4. The highest BCUT2D eigenvalue weighted by atomic mass is 32.2. The molecule has 3 rings (SSSR count). The van der Waals surface area contributed by atoms with E-state index in [0.29, 0.717) is 39.1 Å². The zero-order valence-corrected chi connectivity index (χ0v) is 15.8. The highest BCUT2D eigenvalue weighted by molar-refractivity contribution is 7.88. The van der Waals surface area contributed by atoms with Crippen LogP contribution in [-0.2, 0) is 16.6 Å². The van der Waals surface area contributed by atoms with E-state index in [1.165, 1.54) is 22.7 Å². The van der Waals surface area contributed by atoms with Crippen molar-refractivity contribution in [1.82, 2.24) is 9.21 Å². The number of aliphatic hydroxyl groups excluding tert-OH is 1. The van der Waals surface area contributed by atoms with Crippen molar-refractivity contribution in [3.05, 3.63) is 29.8 Å². The molecule has 27 heavy (non-hydrogen) atoms. The molecule has 2 aliphatic rings. The fraction of sp³-hybridized carbons (Fsp3) is 0.647. The van der Waals surface area contributed by atoms with Gasteiger partial charge in [0.25, 0.3) is 0 Å².